The Labute approximate surface area is 189 Å². The van der Waals surface area contributed by atoms with Gasteiger partial charge in [0.25, 0.3) is 11.7 Å². The maximum Gasteiger partial charge on any atom is 0.354 e. The molecule has 4 rings (SSSR count). The highest BCUT2D eigenvalue weighted by Crippen LogP contribution is 2.41. The van der Waals surface area contributed by atoms with Crippen molar-refractivity contribution in [3.63, 3.8) is 0 Å². The van der Waals surface area contributed by atoms with Crippen LogP contribution in [0.4, 0.5) is 0 Å². The van der Waals surface area contributed by atoms with Crippen LogP contribution < -0.4 is 0 Å². The lowest BCUT2D eigenvalue weighted by molar-refractivity contribution is -0.140. The average Bonchev–Trinajstić information content (AvgIpc) is 3.27. The highest BCUT2D eigenvalue weighted by atomic mass is 16.5. The number of aromatic amines is 1. The number of nitrogens with one attached hydrogen (secondary N) is 1. The number of aliphatic hydroxyl groups is 1. The van der Waals surface area contributed by atoms with E-state index in [9.17, 15) is 19.5 Å². The number of hydrogen-bond acceptors (Lipinski definition) is 7. The monoisotopic (exact) mass is 446 g/mol. The number of aromatic nitrogens is 3. The number of aryl methyl sites for hydroxylation is 1. The van der Waals surface area contributed by atoms with Gasteiger partial charge in [0.1, 0.15) is 11.5 Å². The fraction of sp³-hybridized carbons (Fsp3) is 0.208. The van der Waals surface area contributed by atoms with Gasteiger partial charge in [-0.25, -0.2) is 4.79 Å². The van der Waals surface area contributed by atoms with Gasteiger partial charge in [-0.05, 0) is 48.7 Å². The Balaban J connectivity index is 1.90. The first-order valence-corrected chi connectivity index (χ1v) is 10.2. The van der Waals surface area contributed by atoms with E-state index in [2.05, 4.69) is 15.0 Å². The summed E-state index contributed by atoms with van der Waals surface area (Å²) < 4.78 is 4.79. The molecule has 1 fully saturated rings. The van der Waals surface area contributed by atoms with E-state index in [0.29, 0.717) is 16.8 Å². The summed E-state index contributed by atoms with van der Waals surface area (Å²) in [6.45, 7) is 3.43. The van der Waals surface area contributed by atoms with Gasteiger partial charge < -0.3 is 19.7 Å². The van der Waals surface area contributed by atoms with E-state index in [1.807, 2.05) is 0 Å². The molecule has 0 saturated carbocycles. The molecule has 1 saturated heterocycles. The van der Waals surface area contributed by atoms with Crippen molar-refractivity contribution in [2.24, 2.45) is 0 Å². The number of ketones is 1. The number of methoxy groups -OCH3 is 1. The van der Waals surface area contributed by atoms with Crippen LogP contribution in [0.1, 0.15) is 44.5 Å². The molecule has 1 aliphatic rings. The highest BCUT2D eigenvalue weighted by Gasteiger charge is 2.46. The molecule has 4 heterocycles. The van der Waals surface area contributed by atoms with Crippen molar-refractivity contribution in [3.05, 3.63) is 88.3 Å². The Morgan fingerprint density at radius 3 is 2.52 bits per heavy atom. The first-order valence-electron chi connectivity index (χ1n) is 10.2. The fourth-order valence-corrected chi connectivity index (χ4v) is 4.17. The molecule has 1 aliphatic heterocycles. The molecule has 3 aromatic heterocycles. The summed E-state index contributed by atoms with van der Waals surface area (Å²) in [5, 5.41) is 11.3. The van der Waals surface area contributed by atoms with E-state index >= 15 is 0 Å². The molecule has 3 aromatic rings. The van der Waals surface area contributed by atoms with Crippen LogP contribution in [0.2, 0.25) is 0 Å². The van der Waals surface area contributed by atoms with Gasteiger partial charge in [-0.2, -0.15) is 0 Å². The second-order valence-corrected chi connectivity index (χ2v) is 7.69. The lowest BCUT2D eigenvalue weighted by atomic mass is 9.94. The number of hydrogen-bond donors (Lipinski definition) is 2. The van der Waals surface area contributed by atoms with Crippen LogP contribution in [0.3, 0.4) is 0 Å². The summed E-state index contributed by atoms with van der Waals surface area (Å²) in [4.78, 5) is 50.8. The van der Waals surface area contributed by atoms with Gasteiger partial charge in [-0.3, -0.25) is 19.6 Å². The van der Waals surface area contributed by atoms with Crippen molar-refractivity contribution in [2.45, 2.75) is 26.4 Å². The molecule has 0 unspecified atom stereocenters. The molecule has 33 heavy (non-hydrogen) atoms. The normalized spacial score (nSPS) is 17.4. The summed E-state index contributed by atoms with van der Waals surface area (Å²) in [5.41, 5.74) is 2.64. The number of H-pyrrole nitrogens is 1. The van der Waals surface area contributed by atoms with E-state index in [1.54, 1.807) is 62.9 Å². The number of rotatable bonds is 5. The summed E-state index contributed by atoms with van der Waals surface area (Å²) >= 11 is 0. The third-order valence-corrected chi connectivity index (χ3v) is 5.70. The van der Waals surface area contributed by atoms with Crippen molar-refractivity contribution in [2.75, 3.05) is 7.11 Å². The number of likely N-dealkylation sites (tertiary alicyclic amines) is 1. The molecule has 168 valence electrons. The minimum atomic E-state index is -0.844. The zero-order valence-corrected chi connectivity index (χ0v) is 18.3. The number of carbonyl (C=O) groups is 3. The first-order chi connectivity index (χ1) is 15.8. The largest absolute Gasteiger partial charge is 0.507 e. The quantitative estimate of drug-likeness (QED) is 0.267. The van der Waals surface area contributed by atoms with Crippen molar-refractivity contribution >= 4 is 23.4 Å². The Morgan fingerprint density at radius 1 is 1.15 bits per heavy atom. The molecule has 0 radical (unpaired) electrons. The maximum absolute atomic E-state index is 13.2. The van der Waals surface area contributed by atoms with E-state index in [0.717, 1.165) is 5.56 Å². The number of nitrogens with zero attached hydrogens (tertiary/aromatic N) is 3. The van der Waals surface area contributed by atoms with Gasteiger partial charge in [-0.1, -0.05) is 6.07 Å². The van der Waals surface area contributed by atoms with Crippen LogP contribution in [0.5, 0.6) is 0 Å². The summed E-state index contributed by atoms with van der Waals surface area (Å²) in [5.74, 6) is -2.50. The number of ether oxygens (including phenoxy) is 1. The lowest BCUT2D eigenvalue weighted by Gasteiger charge is -2.25. The minimum absolute atomic E-state index is 0.0586. The van der Waals surface area contributed by atoms with Crippen LogP contribution in [-0.2, 0) is 20.9 Å². The van der Waals surface area contributed by atoms with Gasteiger partial charge in [0.15, 0.2) is 0 Å². The topological polar surface area (TPSA) is 125 Å². The third-order valence-electron chi connectivity index (χ3n) is 5.70. The van der Waals surface area contributed by atoms with Crippen molar-refractivity contribution in [1.82, 2.24) is 19.9 Å². The predicted octanol–water partition coefficient (Wildman–Crippen LogP) is 2.83. The molecular formula is C24H22N4O5. The highest BCUT2D eigenvalue weighted by molar-refractivity contribution is 6.46. The van der Waals surface area contributed by atoms with E-state index in [-0.39, 0.29) is 29.1 Å². The molecule has 1 amide bonds. The average molecular weight is 446 g/mol. The zero-order valence-electron chi connectivity index (χ0n) is 18.3. The SMILES string of the molecule is COC(=O)c1[nH]c(C)c(C(O)=C2C(=O)C(=O)N(Cc3cccnc3)[C@H]2c2ccncc2)c1C. The number of Topliss-reactive ketones (excluding diaryl/α,β-unsaturated/α-hetero) is 1. The van der Waals surface area contributed by atoms with Gasteiger partial charge in [-0.15, -0.1) is 0 Å². The third kappa shape index (κ3) is 3.78. The smallest absolute Gasteiger partial charge is 0.354 e. The van der Waals surface area contributed by atoms with Crippen molar-refractivity contribution < 1.29 is 24.2 Å². The van der Waals surface area contributed by atoms with Crippen LogP contribution in [0.15, 0.2) is 54.6 Å². The number of amides is 1. The Kier molecular flexibility index (Phi) is 5.78. The number of esters is 1. The zero-order chi connectivity index (χ0) is 23.7. The Hall–Kier alpha value is -4.27. The molecule has 9 nitrogen and oxygen atoms in total. The summed E-state index contributed by atoms with van der Waals surface area (Å²) in [7, 11) is 1.25. The van der Waals surface area contributed by atoms with E-state index < -0.39 is 23.7 Å². The number of pyridine rings is 2. The van der Waals surface area contributed by atoms with Crippen LogP contribution >= 0.6 is 0 Å². The van der Waals surface area contributed by atoms with Crippen LogP contribution in [-0.4, -0.2) is 49.7 Å². The Bertz CT molecular complexity index is 1260. The molecule has 0 aromatic carbocycles. The van der Waals surface area contributed by atoms with E-state index in [4.69, 9.17) is 4.74 Å². The van der Waals surface area contributed by atoms with Crippen molar-refractivity contribution in [3.8, 4) is 0 Å². The van der Waals surface area contributed by atoms with Gasteiger partial charge in [0, 0.05) is 42.6 Å². The van der Waals surface area contributed by atoms with Gasteiger partial charge in [0.2, 0.25) is 0 Å². The first kappa shape index (κ1) is 21.9. The van der Waals surface area contributed by atoms with Crippen LogP contribution in [0.25, 0.3) is 5.76 Å². The molecule has 2 N–H and O–H groups in total. The Morgan fingerprint density at radius 2 is 1.88 bits per heavy atom. The second kappa shape index (κ2) is 8.70. The molecule has 9 heteroatoms. The van der Waals surface area contributed by atoms with E-state index in [1.165, 1.54) is 12.0 Å². The molecular weight excluding hydrogens is 424 g/mol. The predicted molar refractivity (Wildman–Crippen MR) is 118 cm³/mol. The van der Waals surface area contributed by atoms with Gasteiger partial charge >= 0.3 is 5.97 Å². The minimum Gasteiger partial charge on any atom is -0.507 e. The maximum atomic E-state index is 13.2. The summed E-state index contributed by atoms with van der Waals surface area (Å²) in [6.07, 6.45) is 6.35. The summed E-state index contributed by atoms with van der Waals surface area (Å²) in [6, 6.07) is 6.09. The molecule has 0 aliphatic carbocycles. The van der Waals surface area contributed by atoms with Crippen molar-refractivity contribution in [1.29, 1.82) is 0 Å². The fourth-order valence-electron chi connectivity index (χ4n) is 4.17. The number of aliphatic hydroxyl groups excluding tert-OH is 1. The lowest BCUT2D eigenvalue weighted by Crippen LogP contribution is -2.29. The number of carbonyl (C=O) groups excluding carboxylic acids is 3. The molecule has 1 atom stereocenters. The van der Waals surface area contributed by atoms with Crippen LogP contribution in [0, 0.1) is 13.8 Å². The van der Waals surface area contributed by atoms with Gasteiger partial charge in [0.05, 0.1) is 18.7 Å². The standard InChI is InChI=1S/C24H22N4O5/c1-13-17(14(2)27-19(13)24(32)33-3)21(29)18-20(16-6-9-25-10-7-16)28(23(31)22(18)30)12-15-5-4-8-26-11-15/h4-11,20,27,29H,12H2,1-3H3/t20-/m0/s1. The second-order valence-electron chi connectivity index (χ2n) is 7.69. The molecule has 0 spiro atoms. The molecule has 0 bridgehead atoms.